The van der Waals surface area contributed by atoms with Crippen LogP contribution in [0.2, 0.25) is 0 Å². The van der Waals surface area contributed by atoms with Crippen LogP contribution in [0.15, 0.2) is 18.2 Å². The molecule has 1 aliphatic carbocycles. The van der Waals surface area contributed by atoms with Crippen molar-refractivity contribution in [1.82, 2.24) is 0 Å². The first kappa shape index (κ1) is 9.10. The van der Waals surface area contributed by atoms with E-state index in [1.54, 1.807) is 0 Å². The van der Waals surface area contributed by atoms with E-state index in [2.05, 4.69) is 18.2 Å². The van der Waals surface area contributed by atoms with Gasteiger partial charge in [0.2, 0.25) is 0 Å². The Balaban J connectivity index is 0.000000640. The van der Waals surface area contributed by atoms with Crippen LogP contribution in [-0.4, -0.2) is 0 Å². The minimum absolute atomic E-state index is 0. The molecular weight excluding hydrogens is 197 g/mol. The van der Waals surface area contributed by atoms with E-state index in [4.69, 9.17) is 0 Å². The van der Waals surface area contributed by atoms with E-state index in [0.717, 1.165) is 6.42 Å². The fraction of sp³-hybridized carbons (Fsp3) is 0.500. The van der Waals surface area contributed by atoms with E-state index >= 15 is 0 Å². The number of allylic oxidation sites excluding steroid dienone is 4. The van der Waals surface area contributed by atoms with Crippen molar-refractivity contribution in [2.24, 2.45) is 0 Å². The van der Waals surface area contributed by atoms with Gasteiger partial charge in [-0.15, -0.1) is 6.42 Å². The summed E-state index contributed by atoms with van der Waals surface area (Å²) in [5.74, 6) is 0. The predicted molar refractivity (Wildman–Crippen MR) is 35.4 cm³/mol. The van der Waals surface area contributed by atoms with Crippen LogP contribution in [0.1, 0.15) is 25.7 Å². The van der Waals surface area contributed by atoms with Crippen molar-refractivity contribution >= 4 is 0 Å². The summed E-state index contributed by atoms with van der Waals surface area (Å²) in [7, 11) is 0. The fourth-order valence-corrected chi connectivity index (χ4v) is 0.805. The van der Waals surface area contributed by atoms with Gasteiger partial charge < -0.3 is 0 Å². The van der Waals surface area contributed by atoms with Gasteiger partial charge in [-0.2, -0.15) is 6.08 Å². The molecule has 0 aromatic carbocycles. The average Bonchev–Trinajstić information content (AvgIpc) is 1.62. The van der Waals surface area contributed by atoms with Crippen molar-refractivity contribution in [3.05, 3.63) is 24.3 Å². The van der Waals surface area contributed by atoms with E-state index < -0.39 is 0 Å². The molecule has 0 aromatic rings. The molecule has 0 aliphatic heterocycles. The third-order valence-corrected chi connectivity index (χ3v) is 1.29. The minimum Gasteiger partial charge on any atom is -0.275 e. The van der Waals surface area contributed by atoms with E-state index in [0.29, 0.717) is 0 Å². The summed E-state index contributed by atoms with van der Waals surface area (Å²) in [4.78, 5) is 0. The van der Waals surface area contributed by atoms with Crippen molar-refractivity contribution in [1.29, 1.82) is 0 Å². The quantitative estimate of drug-likeness (QED) is 0.424. The third kappa shape index (κ3) is 4.60. The maximum absolute atomic E-state index is 3.18. The van der Waals surface area contributed by atoms with Crippen LogP contribution in [0, 0.1) is 6.08 Å². The van der Waals surface area contributed by atoms with Gasteiger partial charge in [0.15, 0.2) is 0 Å². The summed E-state index contributed by atoms with van der Waals surface area (Å²) in [6.07, 6.45) is 14.5. The van der Waals surface area contributed by atoms with Gasteiger partial charge in [-0.05, 0) is 0 Å². The zero-order valence-corrected chi connectivity index (χ0v) is 7.15. The van der Waals surface area contributed by atoms with Gasteiger partial charge in [-0.3, -0.25) is 6.08 Å². The molecule has 9 heavy (non-hydrogen) atoms. The maximum Gasteiger partial charge on any atom is 1.00 e. The Kier molecular flexibility index (Phi) is 6.30. The second kappa shape index (κ2) is 6.23. The first-order chi connectivity index (χ1) is 4.00. The van der Waals surface area contributed by atoms with Gasteiger partial charge in [0.25, 0.3) is 0 Å². The van der Waals surface area contributed by atoms with Crippen LogP contribution in [0.3, 0.4) is 0 Å². The molecule has 0 atom stereocenters. The van der Waals surface area contributed by atoms with Gasteiger partial charge in [-0.1, -0.05) is 19.3 Å². The van der Waals surface area contributed by atoms with Gasteiger partial charge >= 0.3 is 19.5 Å². The molecule has 1 radical (unpaired) electrons. The summed E-state index contributed by atoms with van der Waals surface area (Å²) in [5, 5.41) is 0. The number of rotatable bonds is 0. The molecule has 0 N–H and O–H groups in total. The van der Waals surface area contributed by atoms with Crippen molar-refractivity contribution in [3.8, 4) is 0 Å². The largest absolute Gasteiger partial charge is 1.00 e. The van der Waals surface area contributed by atoms with Gasteiger partial charge in [-0.25, -0.2) is 12.2 Å². The molecule has 1 heteroatoms. The fourth-order valence-electron chi connectivity index (χ4n) is 0.805. The van der Waals surface area contributed by atoms with E-state index in [1.807, 2.05) is 6.08 Å². The third-order valence-electron chi connectivity index (χ3n) is 1.29. The summed E-state index contributed by atoms with van der Waals surface area (Å²) < 4.78 is 0. The summed E-state index contributed by atoms with van der Waals surface area (Å²) >= 11 is 0. The smallest absolute Gasteiger partial charge is 0.275 e. The first-order valence-corrected chi connectivity index (χ1v) is 3.22. The second-order valence-electron chi connectivity index (χ2n) is 2.04. The Labute approximate surface area is 69.8 Å². The standard InChI is InChI=1S/C8H11.Ru/c1-2-4-6-8-7-5-3-1;/h1-3H,4,6-8H2;/q-1;+1. The monoisotopic (exact) mass is 209 g/mol. The molecule has 0 aromatic heterocycles. The Morgan fingerprint density at radius 1 is 1.22 bits per heavy atom. The van der Waals surface area contributed by atoms with Crippen molar-refractivity contribution in [2.45, 2.75) is 25.7 Å². The van der Waals surface area contributed by atoms with Crippen LogP contribution < -0.4 is 0 Å². The summed E-state index contributed by atoms with van der Waals surface area (Å²) in [5.41, 5.74) is 0. The Bertz CT molecular complexity index is 89.1. The molecule has 0 heterocycles. The predicted octanol–water partition coefficient (Wildman–Crippen LogP) is 2.47. The van der Waals surface area contributed by atoms with E-state index in [1.165, 1.54) is 19.3 Å². The Morgan fingerprint density at radius 2 is 2.11 bits per heavy atom. The molecule has 0 saturated heterocycles. The molecular formula is C8H11Ru. The normalized spacial score (nSPS) is 17.8. The van der Waals surface area contributed by atoms with Gasteiger partial charge in [0.05, 0.1) is 0 Å². The molecule has 0 nitrogen and oxygen atoms in total. The van der Waals surface area contributed by atoms with Gasteiger partial charge in [0, 0.05) is 0 Å². The number of hydrogen-bond acceptors (Lipinski definition) is 0. The zero-order valence-electron chi connectivity index (χ0n) is 5.41. The van der Waals surface area contributed by atoms with Crippen molar-refractivity contribution in [2.75, 3.05) is 0 Å². The molecule has 0 unspecified atom stereocenters. The molecule has 0 amide bonds. The SMILES string of the molecule is [C-]1=CC=CCCCC1.[Ru+]. The summed E-state index contributed by atoms with van der Waals surface area (Å²) in [6.45, 7) is 0. The Morgan fingerprint density at radius 3 is 3.00 bits per heavy atom. The van der Waals surface area contributed by atoms with Crippen LogP contribution in [0.25, 0.3) is 0 Å². The molecule has 0 saturated carbocycles. The van der Waals surface area contributed by atoms with E-state index in [9.17, 15) is 0 Å². The minimum atomic E-state index is 0. The zero-order chi connectivity index (χ0) is 5.66. The van der Waals surface area contributed by atoms with Crippen LogP contribution in [0.5, 0.6) is 0 Å². The Hall–Kier alpha value is 0.103. The molecule has 0 bridgehead atoms. The first-order valence-electron chi connectivity index (χ1n) is 3.22. The molecule has 1 aliphatic rings. The summed E-state index contributed by atoms with van der Waals surface area (Å²) in [6, 6.07) is 0. The van der Waals surface area contributed by atoms with Crippen LogP contribution in [-0.2, 0) is 19.5 Å². The molecule has 51 valence electrons. The molecule has 0 fully saturated rings. The average molecular weight is 208 g/mol. The van der Waals surface area contributed by atoms with Gasteiger partial charge in [0.1, 0.15) is 0 Å². The molecule has 1 rings (SSSR count). The maximum atomic E-state index is 3.18. The van der Waals surface area contributed by atoms with Crippen LogP contribution >= 0.6 is 0 Å². The van der Waals surface area contributed by atoms with Crippen molar-refractivity contribution in [3.63, 3.8) is 0 Å². The molecule has 0 spiro atoms. The second-order valence-corrected chi connectivity index (χ2v) is 2.04. The number of hydrogen-bond donors (Lipinski definition) is 0. The topological polar surface area (TPSA) is 0 Å². The van der Waals surface area contributed by atoms with Crippen molar-refractivity contribution < 1.29 is 19.5 Å². The van der Waals surface area contributed by atoms with Crippen LogP contribution in [0.4, 0.5) is 0 Å². The van der Waals surface area contributed by atoms with E-state index in [-0.39, 0.29) is 19.5 Å².